The molecule has 2 N–H and O–H groups in total. The monoisotopic (exact) mass is 573 g/mol. The first kappa shape index (κ1) is 27.8. The van der Waals surface area contributed by atoms with E-state index < -0.39 is 57.1 Å². The van der Waals surface area contributed by atoms with Crippen molar-refractivity contribution in [3.8, 4) is 16.9 Å². The fourth-order valence-corrected chi connectivity index (χ4v) is 7.19. The molecule has 2 unspecified atom stereocenters. The molecule has 1 aliphatic rings. The molecule has 0 saturated carbocycles. The van der Waals surface area contributed by atoms with Gasteiger partial charge < -0.3 is 9.84 Å². The molecule has 1 aliphatic heterocycles. The van der Waals surface area contributed by atoms with Crippen molar-refractivity contribution in [2.24, 2.45) is 4.36 Å². The van der Waals surface area contributed by atoms with E-state index in [1.54, 1.807) is 25.1 Å². The molecule has 0 fully saturated rings. The zero-order valence-corrected chi connectivity index (χ0v) is 21.7. The van der Waals surface area contributed by atoms with E-state index >= 15 is 0 Å². The summed E-state index contributed by atoms with van der Waals surface area (Å²) in [6.45, 7) is 0.766. The molecule has 3 aromatic rings. The van der Waals surface area contributed by atoms with Gasteiger partial charge in [0.2, 0.25) is 0 Å². The first-order valence-electron chi connectivity index (χ1n) is 11.1. The third-order valence-electron chi connectivity index (χ3n) is 5.75. The summed E-state index contributed by atoms with van der Waals surface area (Å²) in [4.78, 5) is -0.0390. The van der Waals surface area contributed by atoms with Gasteiger partial charge in [0.15, 0.2) is 0 Å². The number of nitrogens with one attached hydrogen (secondary N) is 1. The van der Waals surface area contributed by atoms with Crippen LogP contribution in [0.5, 0.6) is 5.75 Å². The normalized spacial score (nSPS) is 16.7. The lowest BCUT2D eigenvalue weighted by Crippen LogP contribution is -2.44. The number of nitrogens with zero attached hydrogens (tertiary/aromatic N) is 2. The lowest BCUT2D eigenvalue weighted by molar-refractivity contribution is -0.274. The van der Waals surface area contributed by atoms with E-state index in [0.29, 0.717) is 11.1 Å². The van der Waals surface area contributed by atoms with Gasteiger partial charge in [-0.25, -0.2) is 26.1 Å². The lowest BCUT2D eigenvalue weighted by atomic mass is 10.0. The number of aryl methyl sites for hydroxylation is 1. The van der Waals surface area contributed by atoms with Crippen molar-refractivity contribution in [2.75, 3.05) is 24.4 Å². The second-order valence-electron chi connectivity index (χ2n) is 8.40. The maximum Gasteiger partial charge on any atom is 0.573 e. The number of alkyl halides is 3. The van der Waals surface area contributed by atoms with E-state index in [9.17, 15) is 35.3 Å². The molecule has 0 spiro atoms. The highest BCUT2D eigenvalue weighted by molar-refractivity contribution is 7.93. The van der Waals surface area contributed by atoms with Gasteiger partial charge in [-0.2, -0.15) is 0 Å². The van der Waals surface area contributed by atoms with Crippen LogP contribution < -0.4 is 13.8 Å². The molecule has 14 heteroatoms. The summed E-state index contributed by atoms with van der Waals surface area (Å²) in [5.41, 5.74) is 1.25. The predicted molar refractivity (Wildman–Crippen MR) is 133 cm³/mol. The van der Waals surface area contributed by atoms with E-state index in [-0.39, 0.29) is 15.5 Å². The van der Waals surface area contributed by atoms with Gasteiger partial charge in [0.05, 0.1) is 28.1 Å². The van der Waals surface area contributed by atoms with Crippen LogP contribution in [0.15, 0.2) is 74.8 Å². The summed E-state index contributed by atoms with van der Waals surface area (Å²) < 4.78 is 103. The van der Waals surface area contributed by atoms with Crippen LogP contribution in [-0.4, -0.2) is 50.3 Å². The van der Waals surface area contributed by atoms with Crippen LogP contribution in [0, 0.1) is 12.7 Å². The minimum absolute atomic E-state index is 0.00741. The molecule has 4 rings (SSSR count). The molecule has 3 aromatic carbocycles. The summed E-state index contributed by atoms with van der Waals surface area (Å²) >= 11 is 0. The Balaban J connectivity index is 1.57. The van der Waals surface area contributed by atoms with E-state index in [2.05, 4.69) is 13.8 Å². The molecule has 2 atom stereocenters. The number of β-amino-alcohol motifs (C(OH)–C–C–N with tert-alkyl or cyclic N) is 1. The topological polar surface area (TPSA) is 108 Å². The number of rotatable bonds is 7. The van der Waals surface area contributed by atoms with Gasteiger partial charge in [-0.1, -0.05) is 23.8 Å². The maximum absolute atomic E-state index is 15.0. The summed E-state index contributed by atoms with van der Waals surface area (Å²) in [7, 11) is -6.46. The number of sulfonamides is 1. The minimum Gasteiger partial charge on any atom is -0.406 e. The minimum atomic E-state index is -4.90. The van der Waals surface area contributed by atoms with E-state index in [4.69, 9.17) is 0 Å². The number of hydrogen-bond acceptors (Lipinski definition) is 6. The van der Waals surface area contributed by atoms with Crippen LogP contribution in [0.1, 0.15) is 5.56 Å². The lowest BCUT2D eigenvalue weighted by Gasteiger charge is -2.33. The number of aliphatic hydroxyl groups excluding tert-OH is 1. The highest BCUT2D eigenvalue weighted by atomic mass is 32.2. The van der Waals surface area contributed by atoms with Crippen LogP contribution >= 0.6 is 0 Å². The van der Waals surface area contributed by atoms with Crippen LogP contribution in [0.2, 0.25) is 0 Å². The second-order valence-corrected chi connectivity index (χ2v) is 12.4. The van der Waals surface area contributed by atoms with Gasteiger partial charge in [0.1, 0.15) is 21.5 Å². The number of fused-ring (bicyclic) bond motifs is 3. The Morgan fingerprint density at radius 1 is 1.11 bits per heavy atom. The maximum atomic E-state index is 15.0. The Hall–Kier alpha value is -3.20. The quantitative estimate of drug-likeness (QED) is 0.412. The highest BCUT2D eigenvalue weighted by Crippen LogP contribution is 2.44. The Kier molecular flexibility index (Phi) is 7.45. The Morgan fingerprint density at radius 3 is 2.42 bits per heavy atom. The fourth-order valence-electron chi connectivity index (χ4n) is 4.04. The van der Waals surface area contributed by atoms with Crippen molar-refractivity contribution in [3.05, 3.63) is 72.0 Å². The highest BCUT2D eigenvalue weighted by Gasteiger charge is 2.38. The van der Waals surface area contributed by atoms with Crippen molar-refractivity contribution >= 4 is 25.6 Å². The average molecular weight is 574 g/mol. The zero-order chi connectivity index (χ0) is 27.9. The standard InChI is InChI=1S/C24H23F4N3O5S2/c1-15-6-11-22-20(12-15)19-4-3-5-21(25)23(19)31(38(22,34)35)14-16(32)13-30-37(33,29-2)18-9-7-17(8-10-18)36-24(26,27)28/h3-12,16,32H,13-14H2,1-2H3,(H,29,30,33). The van der Waals surface area contributed by atoms with Gasteiger partial charge >= 0.3 is 6.36 Å². The number of aliphatic hydroxyl groups is 1. The summed E-state index contributed by atoms with van der Waals surface area (Å²) in [5, 5.41) is 10.7. The molecule has 0 bridgehead atoms. The molecule has 38 heavy (non-hydrogen) atoms. The molecule has 1 heterocycles. The number of benzene rings is 3. The van der Waals surface area contributed by atoms with Crippen LogP contribution in [0.3, 0.4) is 0 Å². The van der Waals surface area contributed by atoms with Crippen molar-refractivity contribution in [2.45, 2.75) is 29.2 Å². The van der Waals surface area contributed by atoms with Gasteiger partial charge in [0.25, 0.3) is 10.0 Å². The molecule has 0 saturated heterocycles. The van der Waals surface area contributed by atoms with E-state index in [0.717, 1.165) is 40.2 Å². The SMILES string of the molecule is CN=S(=O)(NCC(O)CN1c2c(F)cccc2-c2cc(C)ccc2S1(=O)=O)c1ccc(OC(F)(F)F)cc1. The second kappa shape index (κ2) is 10.2. The number of para-hydroxylation sites is 1. The third kappa shape index (κ3) is 5.48. The number of hydrogen-bond donors (Lipinski definition) is 2. The van der Waals surface area contributed by atoms with Crippen LogP contribution in [0.25, 0.3) is 11.1 Å². The summed E-state index contributed by atoms with van der Waals surface area (Å²) in [6, 6.07) is 13.0. The Bertz CT molecular complexity index is 1590. The molecule has 0 aliphatic carbocycles. The van der Waals surface area contributed by atoms with Crippen molar-refractivity contribution in [3.63, 3.8) is 0 Å². The average Bonchev–Trinajstić information content (AvgIpc) is 2.84. The Labute approximate surface area is 217 Å². The van der Waals surface area contributed by atoms with Gasteiger partial charge in [-0.05, 0) is 49.4 Å². The number of ether oxygens (including phenoxy) is 1. The van der Waals surface area contributed by atoms with Crippen LogP contribution in [0.4, 0.5) is 23.2 Å². The van der Waals surface area contributed by atoms with Crippen molar-refractivity contribution in [1.29, 1.82) is 0 Å². The van der Waals surface area contributed by atoms with E-state index in [1.165, 1.54) is 19.2 Å². The largest absolute Gasteiger partial charge is 0.573 e. The smallest absolute Gasteiger partial charge is 0.406 e. The Morgan fingerprint density at radius 2 is 1.79 bits per heavy atom. The molecule has 8 nitrogen and oxygen atoms in total. The molecule has 0 amide bonds. The first-order chi connectivity index (χ1) is 17.7. The van der Waals surface area contributed by atoms with Gasteiger partial charge in [0, 0.05) is 24.7 Å². The molecular formula is C24H23F4N3O5S2. The molecule has 0 radical (unpaired) electrons. The van der Waals surface area contributed by atoms with E-state index in [1.807, 2.05) is 0 Å². The molecule has 204 valence electrons. The fraction of sp³-hybridized carbons (Fsp3) is 0.250. The van der Waals surface area contributed by atoms with Crippen molar-refractivity contribution < 1.29 is 40.0 Å². The summed E-state index contributed by atoms with van der Waals surface area (Å²) in [5.74, 6) is -1.32. The number of anilines is 1. The molecule has 0 aromatic heterocycles. The molecular weight excluding hydrogens is 550 g/mol. The van der Waals surface area contributed by atoms with Gasteiger partial charge in [-0.15, -0.1) is 13.2 Å². The summed E-state index contributed by atoms with van der Waals surface area (Å²) in [6.07, 6.45) is -6.37. The van der Waals surface area contributed by atoms with Gasteiger partial charge in [-0.3, -0.25) is 4.31 Å². The number of halogens is 4. The van der Waals surface area contributed by atoms with Crippen molar-refractivity contribution in [1.82, 2.24) is 4.72 Å². The zero-order valence-electron chi connectivity index (χ0n) is 20.1. The third-order valence-corrected chi connectivity index (χ3v) is 9.56. The first-order valence-corrected chi connectivity index (χ1v) is 14.1. The predicted octanol–water partition coefficient (Wildman–Crippen LogP) is 4.23. The van der Waals surface area contributed by atoms with Crippen LogP contribution in [-0.2, 0) is 19.9 Å².